The lowest BCUT2D eigenvalue weighted by Gasteiger charge is -2.10. The fraction of sp³-hybridized carbons (Fsp3) is 0.154. The fourth-order valence-corrected chi connectivity index (χ4v) is 3.54. The van der Waals surface area contributed by atoms with E-state index in [0.717, 1.165) is 16.4 Å². The van der Waals surface area contributed by atoms with Gasteiger partial charge >= 0.3 is 11.8 Å². The first-order valence-corrected chi connectivity index (χ1v) is 11.0. The highest BCUT2D eigenvalue weighted by Crippen LogP contribution is 2.36. The molecule has 0 radical (unpaired) electrons. The van der Waals surface area contributed by atoms with Crippen LogP contribution in [0.25, 0.3) is 21.9 Å². The maximum absolute atomic E-state index is 12.6. The number of fused-ring (bicyclic) bond motifs is 3. The number of methoxy groups -OCH3 is 2. The van der Waals surface area contributed by atoms with Crippen molar-refractivity contribution in [2.45, 2.75) is 13.3 Å². The summed E-state index contributed by atoms with van der Waals surface area (Å²) < 4.78 is 16.4. The molecule has 0 aliphatic carbocycles. The third kappa shape index (κ3) is 5.44. The predicted molar refractivity (Wildman–Crippen MR) is 136 cm³/mol. The van der Waals surface area contributed by atoms with Gasteiger partial charge in [-0.15, -0.1) is 0 Å². The standard InChI is InChI=1S/C26H24N4O6/c1-15(29-30-26(33)25(32)27-16-8-10-17(34-2)11-9-16)12-24(31)28-20-14-22-19(13-23(20)35-3)18-6-4-5-7-21(18)36-22/h4-11,13-14H,12H2,1-3H3,(H,27,32)(H,28,31)(H,30,33)/b29-15-. The Kier molecular flexibility index (Phi) is 7.15. The molecule has 1 heterocycles. The first-order chi connectivity index (χ1) is 17.4. The molecule has 0 spiro atoms. The minimum atomic E-state index is -0.970. The van der Waals surface area contributed by atoms with E-state index in [-0.39, 0.29) is 12.3 Å². The van der Waals surface area contributed by atoms with Gasteiger partial charge in [0.1, 0.15) is 22.7 Å². The second-order valence-electron chi connectivity index (χ2n) is 7.84. The maximum Gasteiger partial charge on any atom is 0.329 e. The number of para-hydroxylation sites is 1. The van der Waals surface area contributed by atoms with Crippen LogP contribution in [-0.2, 0) is 14.4 Å². The van der Waals surface area contributed by atoms with E-state index in [4.69, 9.17) is 13.9 Å². The average molecular weight is 489 g/mol. The number of furan rings is 1. The van der Waals surface area contributed by atoms with Gasteiger partial charge < -0.3 is 24.5 Å². The molecule has 184 valence electrons. The summed E-state index contributed by atoms with van der Waals surface area (Å²) in [5.74, 6) is -1.17. The van der Waals surface area contributed by atoms with Crippen molar-refractivity contribution in [1.29, 1.82) is 0 Å². The highest BCUT2D eigenvalue weighted by molar-refractivity contribution is 6.39. The van der Waals surface area contributed by atoms with Gasteiger partial charge in [-0.3, -0.25) is 14.4 Å². The number of anilines is 2. The summed E-state index contributed by atoms with van der Waals surface area (Å²) in [5.41, 5.74) is 4.63. The first kappa shape index (κ1) is 24.3. The van der Waals surface area contributed by atoms with Crippen molar-refractivity contribution in [1.82, 2.24) is 5.43 Å². The summed E-state index contributed by atoms with van der Waals surface area (Å²) in [4.78, 5) is 36.7. The van der Waals surface area contributed by atoms with Crippen molar-refractivity contribution in [2.75, 3.05) is 24.9 Å². The quantitative estimate of drug-likeness (QED) is 0.204. The van der Waals surface area contributed by atoms with Gasteiger partial charge in [0.15, 0.2) is 0 Å². The molecule has 0 fully saturated rings. The molecule has 0 aliphatic rings. The van der Waals surface area contributed by atoms with E-state index in [1.54, 1.807) is 43.3 Å². The van der Waals surface area contributed by atoms with Gasteiger partial charge in [0, 0.05) is 28.2 Å². The molecule has 3 amide bonds. The molecule has 0 saturated heterocycles. The lowest BCUT2D eigenvalue weighted by molar-refractivity contribution is -0.136. The number of benzene rings is 3. The Labute approximate surface area is 206 Å². The van der Waals surface area contributed by atoms with Gasteiger partial charge in [0.25, 0.3) is 0 Å². The molecular formula is C26H24N4O6. The SMILES string of the molecule is COc1ccc(NC(=O)C(=O)N/N=C(/C)CC(=O)Nc2cc3oc4ccccc4c3cc2OC)cc1. The Morgan fingerprint density at radius 2 is 1.61 bits per heavy atom. The van der Waals surface area contributed by atoms with Crippen LogP contribution >= 0.6 is 0 Å². The predicted octanol–water partition coefficient (Wildman–Crippen LogP) is 4.06. The van der Waals surface area contributed by atoms with Gasteiger partial charge in [-0.2, -0.15) is 5.10 Å². The number of ether oxygens (including phenoxy) is 2. The van der Waals surface area contributed by atoms with E-state index in [1.807, 2.05) is 24.3 Å². The molecule has 3 aromatic carbocycles. The minimum absolute atomic E-state index is 0.123. The minimum Gasteiger partial charge on any atom is -0.497 e. The monoisotopic (exact) mass is 488 g/mol. The molecule has 10 heteroatoms. The van der Waals surface area contributed by atoms with E-state index >= 15 is 0 Å². The van der Waals surface area contributed by atoms with E-state index < -0.39 is 11.8 Å². The Bertz CT molecular complexity index is 1470. The molecule has 10 nitrogen and oxygen atoms in total. The number of amides is 3. The Hall–Kier alpha value is -4.86. The topological polar surface area (TPSA) is 131 Å². The third-order valence-corrected chi connectivity index (χ3v) is 5.29. The highest BCUT2D eigenvalue weighted by Gasteiger charge is 2.16. The summed E-state index contributed by atoms with van der Waals surface area (Å²) >= 11 is 0. The van der Waals surface area contributed by atoms with Crippen molar-refractivity contribution in [3.63, 3.8) is 0 Å². The normalized spacial score (nSPS) is 11.2. The van der Waals surface area contributed by atoms with Gasteiger partial charge in [-0.1, -0.05) is 18.2 Å². The van der Waals surface area contributed by atoms with Crippen LogP contribution in [0.5, 0.6) is 11.5 Å². The van der Waals surface area contributed by atoms with Crippen molar-refractivity contribution in [3.8, 4) is 11.5 Å². The number of hydrogen-bond donors (Lipinski definition) is 3. The zero-order chi connectivity index (χ0) is 25.7. The summed E-state index contributed by atoms with van der Waals surface area (Å²) in [6.45, 7) is 1.56. The molecule has 4 aromatic rings. The van der Waals surface area contributed by atoms with Gasteiger partial charge in [-0.25, -0.2) is 5.43 Å². The van der Waals surface area contributed by atoms with E-state index in [1.165, 1.54) is 14.2 Å². The lowest BCUT2D eigenvalue weighted by Crippen LogP contribution is -2.33. The number of carbonyl (C=O) groups is 3. The largest absolute Gasteiger partial charge is 0.497 e. The third-order valence-electron chi connectivity index (χ3n) is 5.29. The first-order valence-electron chi connectivity index (χ1n) is 11.0. The van der Waals surface area contributed by atoms with Crippen LogP contribution in [0.1, 0.15) is 13.3 Å². The molecule has 1 aromatic heterocycles. The number of rotatable bonds is 7. The van der Waals surface area contributed by atoms with Crippen LogP contribution in [0.2, 0.25) is 0 Å². The Morgan fingerprint density at radius 3 is 2.33 bits per heavy atom. The van der Waals surface area contributed by atoms with E-state index in [9.17, 15) is 14.4 Å². The zero-order valence-corrected chi connectivity index (χ0v) is 19.9. The smallest absolute Gasteiger partial charge is 0.329 e. The van der Waals surface area contributed by atoms with E-state index in [0.29, 0.717) is 34.2 Å². The summed E-state index contributed by atoms with van der Waals surface area (Å²) in [6, 6.07) is 17.6. The molecule has 36 heavy (non-hydrogen) atoms. The Balaban J connectivity index is 1.36. The number of carbonyl (C=O) groups excluding carboxylic acids is 3. The van der Waals surface area contributed by atoms with E-state index in [2.05, 4.69) is 21.2 Å². The van der Waals surface area contributed by atoms with Crippen LogP contribution in [-0.4, -0.2) is 37.7 Å². The Morgan fingerprint density at radius 1 is 0.861 bits per heavy atom. The fourth-order valence-electron chi connectivity index (χ4n) is 3.54. The van der Waals surface area contributed by atoms with Crippen LogP contribution in [0.3, 0.4) is 0 Å². The summed E-state index contributed by atoms with van der Waals surface area (Å²) in [5, 5.41) is 10.9. The van der Waals surface area contributed by atoms with Crippen molar-refractivity contribution in [2.24, 2.45) is 5.10 Å². The second-order valence-corrected chi connectivity index (χ2v) is 7.84. The lowest BCUT2D eigenvalue weighted by atomic mass is 10.1. The number of nitrogens with zero attached hydrogens (tertiary/aromatic N) is 1. The number of hydrogen-bond acceptors (Lipinski definition) is 7. The van der Waals surface area contributed by atoms with Gasteiger partial charge in [0.2, 0.25) is 5.91 Å². The molecule has 0 atom stereocenters. The number of hydrazone groups is 1. The van der Waals surface area contributed by atoms with Crippen LogP contribution in [0, 0.1) is 0 Å². The molecule has 4 rings (SSSR count). The molecular weight excluding hydrogens is 464 g/mol. The van der Waals surface area contributed by atoms with Crippen molar-refractivity contribution in [3.05, 3.63) is 60.7 Å². The van der Waals surface area contributed by atoms with Crippen LogP contribution in [0.4, 0.5) is 11.4 Å². The van der Waals surface area contributed by atoms with Crippen LogP contribution < -0.4 is 25.5 Å². The van der Waals surface area contributed by atoms with Gasteiger partial charge in [-0.05, 0) is 43.3 Å². The molecule has 0 aliphatic heterocycles. The van der Waals surface area contributed by atoms with Gasteiger partial charge in [0.05, 0.1) is 26.3 Å². The van der Waals surface area contributed by atoms with Crippen LogP contribution in [0.15, 0.2) is 70.2 Å². The average Bonchev–Trinajstić information content (AvgIpc) is 3.24. The van der Waals surface area contributed by atoms with Crippen molar-refractivity contribution >= 4 is 56.7 Å². The number of nitrogens with one attached hydrogen (secondary N) is 3. The molecule has 3 N–H and O–H groups in total. The molecule has 0 bridgehead atoms. The molecule has 0 unspecified atom stereocenters. The second kappa shape index (κ2) is 10.6. The summed E-state index contributed by atoms with van der Waals surface area (Å²) in [7, 11) is 3.04. The summed E-state index contributed by atoms with van der Waals surface area (Å²) in [6.07, 6.45) is -0.123. The zero-order valence-electron chi connectivity index (χ0n) is 19.9. The highest BCUT2D eigenvalue weighted by atomic mass is 16.5. The molecule has 0 saturated carbocycles. The van der Waals surface area contributed by atoms with Crippen molar-refractivity contribution < 1.29 is 28.3 Å². The maximum atomic E-state index is 12.6.